The lowest BCUT2D eigenvalue weighted by molar-refractivity contribution is -0.0826. The summed E-state index contributed by atoms with van der Waals surface area (Å²) in [7, 11) is 0. The molecular formula is C16H23NO2. The summed E-state index contributed by atoms with van der Waals surface area (Å²) >= 11 is 0. The van der Waals surface area contributed by atoms with Crippen molar-refractivity contribution in [3.63, 3.8) is 0 Å². The van der Waals surface area contributed by atoms with Gasteiger partial charge in [-0.15, -0.1) is 0 Å². The van der Waals surface area contributed by atoms with Crippen LogP contribution in [0.3, 0.4) is 0 Å². The number of nitrogens with one attached hydrogen (secondary N) is 1. The number of allylic oxidation sites excluding steroid dienone is 1. The zero-order valence-electron chi connectivity index (χ0n) is 12.2. The van der Waals surface area contributed by atoms with E-state index < -0.39 is 5.60 Å². The third-order valence-electron chi connectivity index (χ3n) is 3.15. The van der Waals surface area contributed by atoms with Gasteiger partial charge in [-0.2, -0.15) is 0 Å². The summed E-state index contributed by atoms with van der Waals surface area (Å²) in [5, 5.41) is 0. The molecule has 3 nitrogen and oxygen atoms in total. The van der Waals surface area contributed by atoms with E-state index in [2.05, 4.69) is 44.5 Å². The van der Waals surface area contributed by atoms with Crippen molar-refractivity contribution in [3.8, 4) is 0 Å². The van der Waals surface area contributed by atoms with Gasteiger partial charge in [-0.1, -0.05) is 51.1 Å². The van der Waals surface area contributed by atoms with Crippen molar-refractivity contribution in [2.24, 2.45) is 5.41 Å². The van der Waals surface area contributed by atoms with Gasteiger partial charge in [0.2, 0.25) is 0 Å². The first-order valence-electron chi connectivity index (χ1n) is 6.68. The second-order valence-electron chi connectivity index (χ2n) is 6.30. The molecule has 104 valence electrons. The quantitative estimate of drug-likeness (QED) is 0.900. The summed E-state index contributed by atoms with van der Waals surface area (Å²) in [4.78, 5) is 5.65. The standard InChI is InChI=1S/C16H23NO2/c1-15(2,3)14-10-16(4,19-17-14)12-18-11-13-8-6-5-7-9-13/h5-10,17H,11-12H2,1-4H3. The van der Waals surface area contributed by atoms with Gasteiger partial charge in [-0.25, -0.2) is 0 Å². The van der Waals surface area contributed by atoms with Crippen LogP contribution in [0.1, 0.15) is 33.3 Å². The van der Waals surface area contributed by atoms with E-state index in [-0.39, 0.29) is 5.41 Å². The summed E-state index contributed by atoms with van der Waals surface area (Å²) in [5.41, 5.74) is 4.98. The number of hydrogen-bond acceptors (Lipinski definition) is 3. The lowest BCUT2D eigenvalue weighted by Gasteiger charge is -2.20. The summed E-state index contributed by atoms with van der Waals surface area (Å²) in [5.74, 6) is 0. The minimum atomic E-state index is -0.391. The second kappa shape index (κ2) is 5.35. The second-order valence-corrected chi connectivity index (χ2v) is 6.30. The molecule has 1 aromatic carbocycles. The molecule has 0 bridgehead atoms. The van der Waals surface area contributed by atoms with Crippen LogP contribution in [0.25, 0.3) is 0 Å². The maximum absolute atomic E-state index is 5.76. The average Bonchev–Trinajstić information content (AvgIpc) is 2.73. The highest BCUT2D eigenvalue weighted by molar-refractivity contribution is 5.18. The molecule has 19 heavy (non-hydrogen) atoms. The Morgan fingerprint density at radius 3 is 2.47 bits per heavy atom. The monoisotopic (exact) mass is 261 g/mol. The van der Waals surface area contributed by atoms with Gasteiger partial charge in [0.25, 0.3) is 0 Å². The molecule has 0 saturated heterocycles. The molecule has 0 fully saturated rings. The van der Waals surface area contributed by atoms with E-state index in [1.165, 1.54) is 5.56 Å². The van der Waals surface area contributed by atoms with Crippen LogP contribution in [0, 0.1) is 5.41 Å². The average molecular weight is 261 g/mol. The molecule has 3 heteroatoms. The molecule has 0 amide bonds. The first kappa shape index (κ1) is 14.1. The van der Waals surface area contributed by atoms with Gasteiger partial charge >= 0.3 is 0 Å². The maximum Gasteiger partial charge on any atom is 0.136 e. The molecule has 1 aliphatic heterocycles. The fourth-order valence-electron chi connectivity index (χ4n) is 1.92. The van der Waals surface area contributed by atoms with Crippen LogP contribution in [-0.2, 0) is 16.2 Å². The SMILES string of the molecule is CC1(COCc2ccccc2)C=C(C(C)(C)C)NO1. The Morgan fingerprint density at radius 1 is 1.21 bits per heavy atom. The van der Waals surface area contributed by atoms with Crippen molar-refractivity contribution >= 4 is 0 Å². The first-order chi connectivity index (χ1) is 8.89. The van der Waals surface area contributed by atoms with Crippen LogP contribution < -0.4 is 5.48 Å². The minimum Gasteiger partial charge on any atom is -0.373 e. The number of rotatable bonds is 4. The van der Waals surface area contributed by atoms with Crippen molar-refractivity contribution in [2.45, 2.75) is 39.9 Å². The Kier molecular flexibility index (Phi) is 3.97. The predicted octanol–water partition coefficient (Wildman–Crippen LogP) is 3.43. The normalized spacial score (nSPS) is 23.1. The van der Waals surface area contributed by atoms with Crippen molar-refractivity contribution in [2.75, 3.05) is 6.61 Å². The van der Waals surface area contributed by atoms with E-state index in [0.29, 0.717) is 13.2 Å². The molecule has 1 atom stereocenters. The zero-order chi connectivity index (χ0) is 13.9. The highest BCUT2D eigenvalue weighted by atomic mass is 16.7. The molecule has 1 unspecified atom stereocenters. The molecule has 0 radical (unpaired) electrons. The zero-order valence-corrected chi connectivity index (χ0v) is 12.2. The van der Waals surface area contributed by atoms with Crippen molar-refractivity contribution < 1.29 is 9.57 Å². The van der Waals surface area contributed by atoms with Crippen LogP contribution in [0.4, 0.5) is 0 Å². The molecular weight excluding hydrogens is 238 g/mol. The van der Waals surface area contributed by atoms with Gasteiger partial charge in [-0.05, 0) is 18.6 Å². The fraction of sp³-hybridized carbons (Fsp3) is 0.500. The van der Waals surface area contributed by atoms with Crippen LogP contribution in [0.5, 0.6) is 0 Å². The van der Waals surface area contributed by atoms with E-state index >= 15 is 0 Å². The molecule has 1 heterocycles. The summed E-state index contributed by atoms with van der Waals surface area (Å²) in [6.45, 7) is 9.65. The van der Waals surface area contributed by atoms with Gasteiger partial charge in [-0.3, -0.25) is 10.3 Å². The Labute approximate surface area is 115 Å². The maximum atomic E-state index is 5.76. The highest BCUT2D eigenvalue weighted by Gasteiger charge is 2.34. The van der Waals surface area contributed by atoms with Crippen molar-refractivity contribution in [3.05, 3.63) is 47.7 Å². The Hall–Kier alpha value is -1.32. The highest BCUT2D eigenvalue weighted by Crippen LogP contribution is 2.31. The third kappa shape index (κ3) is 3.82. The summed E-state index contributed by atoms with van der Waals surface area (Å²) < 4.78 is 5.76. The summed E-state index contributed by atoms with van der Waals surface area (Å²) in [6.07, 6.45) is 2.12. The lowest BCUT2D eigenvalue weighted by Crippen LogP contribution is -2.31. The Balaban J connectivity index is 1.88. The van der Waals surface area contributed by atoms with E-state index in [0.717, 1.165) is 5.70 Å². The third-order valence-corrected chi connectivity index (χ3v) is 3.15. The molecule has 0 spiro atoms. The molecule has 0 saturated carbocycles. The minimum absolute atomic E-state index is 0.0667. The van der Waals surface area contributed by atoms with E-state index in [4.69, 9.17) is 9.57 Å². The molecule has 0 aliphatic carbocycles. The molecule has 2 rings (SSSR count). The van der Waals surface area contributed by atoms with Crippen molar-refractivity contribution in [1.82, 2.24) is 5.48 Å². The van der Waals surface area contributed by atoms with E-state index in [9.17, 15) is 0 Å². The van der Waals surface area contributed by atoms with Gasteiger partial charge in [0.05, 0.1) is 13.2 Å². The largest absolute Gasteiger partial charge is 0.373 e. The van der Waals surface area contributed by atoms with Gasteiger partial charge < -0.3 is 4.74 Å². The van der Waals surface area contributed by atoms with Gasteiger partial charge in [0.1, 0.15) is 5.60 Å². The smallest absolute Gasteiger partial charge is 0.136 e. The van der Waals surface area contributed by atoms with E-state index in [1.807, 2.05) is 25.1 Å². The predicted molar refractivity (Wildman–Crippen MR) is 76.3 cm³/mol. The molecule has 0 aromatic heterocycles. The van der Waals surface area contributed by atoms with Crippen LogP contribution in [0.15, 0.2) is 42.1 Å². The van der Waals surface area contributed by atoms with Gasteiger partial charge in [0.15, 0.2) is 0 Å². The van der Waals surface area contributed by atoms with E-state index in [1.54, 1.807) is 0 Å². The molecule has 1 aliphatic rings. The number of hydroxylamine groups is 1. The number of hydrogen-bond donors (Lipinski definition) is 1. The topological polar surface area (TPSA) is 30.5 Å². The number of ether oxygens (including phenoxy) is 1. The van der Waals surface area contributed by atoms with Gasteiger partial charge in [0, 0.05) is 11.1 Å². The fourth-order valence-corrected chi connectivity index (χ4v) is 1.92. The number of benzene rings is 1. The molecule has 1 aromatic rings. The van der Waals surface area contributed by atoms with Crippen molar-refractivity contribution in [1.29, 1.82) is 0 Å². The lowest BCUT2D eigenvalue weighted by atomic mass is 9.90. The molecule has 1 N–H and O–H groups in total. The van der Waals surface area contributed by atoms with Crippen LogP contribution >= 0.6 is 0 Å². The summed E-state index contributed by atoms with van der Waals surface area (Å²) in [6, 6.07) is 10.2. The van der Waals surface area contributed by atoms with Crippen LogP contribution in [0.2, 0.25) is 0 Å². The van der Waals surface area contributed by atoms with Crippen LogP contribution in [-0.4, -0.2) is 12.2 Å². The Bertz CT molecular complexity index is 448. The Morgan fingerprint density at radius 2 is 1.89 bits per heavy atom. The first-order valence-corrected chi connectivity index (χ1v) is 6.68.